The van der Waals surface area contributed by atoms with E-state index in [-0.39, 0.29) is 80.2 Å². The molecule has 266 valence electrons. The van der Waals surface area contributed by atoms with Crippen LogP contribution in [0.3, 0.4) is 0 Å². The van der Waals surface area contributed by atoms with Crippen LogP contribution in [-0.4, -0.2) is 81.2 Å². The van der Waals surface area contributed by atoms with Crippen LogP contribution in [0.15, 0.2) is 72.8 Å². The number of ketones is 4. The maximum absolute atomic E-state index is 14.6. The smallest absolute Gasteiger partial charge is 0.233 e. The van der Waals surface area contributed by atoms with Gasteiger partial charge >= 0.3 is 0 Å². The van der Waals surface area contributed by atoms with E-state index in [2.05, 4.69) is 56.5 Å². The van der Waals surface area contributed by atoms with E-state index < -0.39 is 17.3 Å². The van der Waals surface area contributed by atoms with Crippen LogP contribution in [0.1, 0.15) is 75.1 Å². The fourth-order valence-corrected chi connectivity index (χ4v) is 6.88. The fraction of sp³-hybridized carbons (Fsp3) is 0.128. The molecule has 5 N–H and O–H groups in total. The van der Waals surface area contributed by atoms with Crippen molar-refractivity contribution in [1.82, 2.24) is 29.9 Å². The molecule has 2 aromatic heterocycles. The van der Waals surface area contributed by atoms with E-state index in [1.165, 1.54) is 0 Å². The van der Waals surface area contributed by atoms with Gasteiger partial charge in [-0.05, 0) is 22.8 Å². The van der Waals surface area contributed by atoms with Gasteiger partial charge in [0.05, 0.1) is 11.3 Å². The lowest BCUT2D eigenvalue weighted by atomic mass is 9.75. The topological polar surface area (TPSA) is 206 Å². The monoisotopic (exact) mass is 717 g/mol. The Bertz CT molecular complexity index is 2380. The van der Waals surface area contributed by atoms with Crippen molar-refractivity contribution in [1.29, 1.82) is 0 Å². The summed E-state index contributed by atoms with van der Waals surface area (Å²) in [7, 11) is 6.69. The van der Waals surface area contributed by atoms with E-state index in [0.717, 1.165) is 0 Å². The van der Waals surface area contributed by atoms with Gasteiger partial charge in [-0.25, -0.2) is 0 Å². The van der Waals surface area contributed by atoms with E-state index >= 15 is 0 Å². The highest BCUT2D eigenvalue weighted by atomic mass is 16.1. The average Bonchev–Trinajstić information content (AvgIpc) is 3.21. The summed E-state index contributed by atoms with van der Waals surface area (Å²) in [5, 5.41) is 14.7. The Kier molecular flexibility index (Phi) is 8.29. The number of rotatable bonds is 9. The van der Waals surface area contributed by atoms with Gasteiger partial charge < -0.3 is 26.6 Å². The largest absolute Gasteiger partial charge is 0.357 e. The fourth-order valence-electron chi connectivity index (χ4n) is 6.88. The summed E-state index contributed by atoms with van der Waals surface area (Å²) in [4.78, 5) is 84.3. The van der Waals surface area contributed by atoms with Gasteiger partial charge in [-0.15, -0.1) is 0 Å². The lowest BCUT2D eigenvalue weighted by Crippen LogP contribution is -2.26. The molecule has 0 saturated heterocycles. The van der Waals surface area contributed by atoms with Gasteiger partial charge in [0.1, 0.15) is 5.82 Å². The molecule has 2 aliphatic carbocycles. The first kappa shape index (κ1) is 33.7. The van der Waals surface area contributed by atoms with Gasteiger partial charge in [0.2, 0.25) is 29.7 Å². The van der Waals surface area contributed by atoms with E-state index in [4.69, 9.17) is 0 Å². The van der Waals surface area contributed by atoms with Gasteiger partial charge in [-0.3, -0.25) is 19.2 Å². The molecule has 8 rings (SSSR count). The molecule has 0 amide bonds. The number of hydrogen-bond donors (Lipinski definition) is 5. The molecule has 6 aromatic rings. The number of hydrogen-bond acceptors (Lipinski definition) is 15. The van der Waals surface area contributed by atoms with E-state index in [9.17, 15) is 19.2 Å². The number of anilines is 6. The number of nitrogens with zero attached hydrogens (tertiary/aromatic N) is 6. The molecule has 0 spiro atoms. The number of benzene rings is 4. The van der Waals surface area contributed by atoms with Gasteiger partial charge in [-0.1, -0.05) is 66.7 Å². The number of fused-ring (bicyclic) bond motifs is 4. The van der Waals surface area contributed by atoms with Crippen molar-refractivity contribution in [2.24, 2.45) is 0 Å². The van der Waals surface area contributed by atoms with Crippen molar-refractivity contribution in [3.05, 3.63) is 129 Å². The quantitative estimate of drug-likeness (QED) is 0.136. The molecule has 0 aliphatic heterocycles. The van der Waals surface area contributed by atoms with Crippen LogP contribution in [0.5, 0.6) is 0 Å². The average molecular weight is 718 g/mol. The summed E-state index contributed by atoms with van der Waals surface area (Å²) >= 11 is 0. The first-order chi connectivity index (χ1) is 26.2. The van der Waals surface area contributed by atoms with E-state index in [1.807, 2.05) is 0 Å². The molecule has 15 nitrogen and oxygen atoms in total. The third kappa shape index (κ3) is 5.46. The molecule has 0 unspecified atom stereocenters. The highest BCUT2D eigenvalue weighted by Gasteiger charge is 2.38. The summed E-state index contributed by atoms with van der Waals surface area (Å²) in [6.07, 6.45) is 0.0938. The summed E-state index contributed by atoms with van der Waals surface area (Å²) < 4.78 is 0. The van der Waals surface area contributed by atoms with E-state index in [0.29, 0.717) is 34.4 Å². The lowest BCUT2D eigenvalue weighted by molar-refractivity contribution is 0.0978. The second kappa shape index (κ2) is 13.3. The normalized spacial score (nSPS) is 12.7. The number of nitrogens with one attached hydrogen (secondary N) is 5. The second-order valence-electron chi connectivity index (χ2n) is 12.3. The van der Waals surface area contributed by atoms with Crippen LogP contribution in [-0.2, 0) is 6.42 Å². The molecule has 0 bridgehead atoms. The highest BCUT2D eigenvalue weighted by Crippen LogP contribution is 2.43. The Morgan fingerprint density at radius 1 is 0.407 bits per heavy atom. The van der Waals surface area contributed by atoms with Gasteiger partial charge in [0, 0.05) is 73.6 Å². The molecule has 0 atom stereocenters. The maximum atomic E-state index is 14.6. The second-order valence-corrected chi connectivity index (χ2v) is 12.3. The van der Waals surface area contributed by atoms with Crippen LogP contribution in [0, 0.1) is 0 Å². The lowest BCUT2D eigenvalue weighted by Gasteiger charge is -2.26. The molecule has 0 fully saturated rings. The van der Waals surface area contributed by atoms with Crippen molar-refractivity contribution >= 4 is 58.6 Å². The third-order valence-electron chi connectivity index (χ3n) is 9.33. The van der Waals surface area contributed by atoms with Crippen molar-refractivity contribution in [2.75, 3.05) is 54.8 Å². The molecule has 4 aromatic carbocycles. The summed E-state index contributed by atoms with van der Waals surface area (Å²) in [6, 6.07) is 20.0. The number of aromatic nitrogens is 6. The molecule has 54 heavy (non-hydrogen) atoms. The first-order valence-electron chi connectivity index (χ1n) is 16.9. The van der Waals surface area contributed by atoms with Crippen molar-refractivity contribution in [3.8, 4) is 11.1 Å². The SMILES string of the molecule is CNc1nc(Cc2ccc(-c3ccc(Nc4nc(NC)nc(NC)n4)c4c3C(=O)c3ccccc3C4=O)c3c2C(=O)c2ccccc2C3=O)nc(NC)n1. The summed E-state index contributed by atoms with van der Waals surface area (Å²) in [5.41, 5.74) is 2.79. The van der Waals surface area contributed by atoms with Crippen LogP contribution in [0.25, 0.3) is 11.1 Å². The predicted molar refractivity (Wildman–Crippen MR) is 202 cm³/mol. The van der Waals surface area contributed by atoms with Crippen molar-refractivity contribution in [2.45, 2.75) is 6.42 Å². The molecule has 2 aliphatic rings. The summed E-state index contributed by atoms with van der Waals surface area (Å²) in [6.45, 7) is 0. The van der Waals surface area contributed by atoms with E-state index in [1.54, 1.807) is 101 Å². The minimum absolute atomic E-state index is 0.0734. The molecule has 0 saturated carbocycles. The molecule has 2 heterocycles. The number of carbonyl (C=O) groups is 4. The minimum Gasteiger partial charge on any atom is -0.357 e. The third-order valence-corrected chi connectivity index (χ3v) is 9.33. The van der Waals surface area contributed by atoms with Crippen LogP contribution < -0.4 is 26.6 Å². The highest BCUT2D eigenvalue weighted by molar-refractivity contribution is 6.34. The van der Waals surface area contributed by atoms with Gasteiger partial charge in [0.15, 0.2) is 23.1 Å². The van der Waals surface area contributed by atoms with Gasteiger partial charge in [0.25, 0.3) is 0 Å². The zero-order chi connectivity index (χ0) is 37.7. The molecular formula is C39H31N11O4. The molecule has 15 heteroatoms. The Balaban J connectivity index is 1.36. The maximum Gasteiger partial charge on any atom is 0.233 e. The zero-order valence-corrected chi connectivity index (χ0v) is 29.5. The summed E-state index contributed by atoms with van der Waals surface area (Å²) in [5.74, 6) is 0.0965. The zero-order valence-electron chi connectivity index (χ0n) is 29.5. The molecule has 0 radical (unpaired) electrons. The van der Waals surface area contributed by atoms with Crippen molar-refractivity contribution in [3.63, 3.8) is 0 Å². The Labute approximate surface area is 308 Å². The van der Waals surface area contributed by atoms with Crippen LogP contribution >= 0.6 is 0 Å². The predicted octanol–water partition coefficient (Wildman–Crippen LogP) is 4.78. The molecular weight excluding hydrogens is 687 g/mol. The Morgan fingerprint density at radius 2 is 0.796 bits per heavy atom. The van der Waals surface area contributed by atoms with Crippen LogP contribution in [0.2, 0.25) is 0 Å². The van der Waals surface area contributed by atoms with Crippen molar-refractivity contribution < 1.29 is 19.2 Å². The standard InChI is InChI=1S/C39H31N11O4/c1-40-35-45-26(46-36(41-2)47-35)17-18-13-14-19(28-27(18)31(51)21-9-5-6-10-22(21)32(28)52)20-15-16-25(44-39-49-37(42-3)48-38(43-4)50-39)30-29(20)33(53)23-11-7-8-12-24(23)34(30)54/h5-16H,17H2,1-4H3,(H2,40,41,45,46,47)(H3,42,43,44,48,49,50). The van der Waals surface area contributed by atoms with Gasteiger partial charge in [-0.2, -0.15) is 29.9 Å². The first-order valence-corrected chi connectivity index (χ1v) is 16.9. The minimum atomic E-state index is -0.418. The Hall–Kier alpha value is -7.42. The number of carbonyl (C=O) groups excluding carboxylic acids is 4. The Morgan fingerprint density at radius 3 is 1.28 bits per heavy atom. The van der Waals surface area contributed by atoms with Crippen LogP contribution in [0.4, 0.5) is 35.4 Å².